The van der Waals surface area contributed by atoms with Crippen molar-refractivity contribution in [1.82, 2.24) is 4.98 Å². The summed E-state index contributed by atoms with van der Waals surface area (Å²) in [5.41, 5.74) is 6.54. The maximum atomic E-state index is 4.68. The molecule has 1 nitrogen and oxygen atoms in total. The van der Waals surface area contributed by atoms with E-state index in [0.29, 0.717) is 0 Å². The summed E-state index contributed by atoms with van der Waals surface area (Å²) in [5.74, 6) is 0. The standard InChI is InChI=1S/C18H23N/c1-6-14-11-17(18(3,4)5)19-12-16(14)15-10-8-7-9-13(15)2/h7-12H,6H2,1-5H3. The van der Waals surface area contributed by atoms with Gasteiger partial charge in [0.2, 0.25) is 0 Å². The zero-order valence-corrected chi connectivity index (χ0v) is 12.6. The number of benzene rings is 1. The maximum Gasteiger partial charge on any atom is 0.0460 e. The van der Waals surface area contributed by atoms with E-state index < -0.39 is 0 Å². The monoisotopic (exact) mass is 253 g/mol. The molecule has 1 aromatic carbocycles. The Balaban J connectivity index is 2.57. The van der Waals surface area contributed by atoms with Gasteiger partial charge in [-0.05, 0) is 36.1 Å². The number of aryl methyl sites for hydroxylation is 2. The number of nitrogens with zero attached hydrogens (tertiary/aromatic N) is 1. The van der Waals surface area contributed by atoms with Gasteiger partial charge in [-0.1, -0.05) is 52.0 Å². The Morgan fingerprint density at radius 3 is 2.32 bits per heavy atom. The van der Waals surface area contributed by atoms with Crippen LogP contribution in [-0.4, -0.2) is 4.98 Å². The fourth-order valence-electron chi connectivity index (χ4n) is 2.32. The summed E-state index contributed by atoms with van der Waals surface area (Å²) in [6, 6.07) is 10.8. The fraction of sp³-hybridized carbons (Fsp3) is 0.389. The zero-order chi connectivity index (χ0) is 14.0. The minimum atomic E-state index is 0.105. The molecular formula is C18H23N. The second-order valence-electron chi connectivity index (χ2n) is 6.15. The Morgan fingerprint density at radius 2 is 1.74 bits per heavy atom. The molecule has 100 valence electrons. The van der Waals surface area contributed by atoms with Crippen LogP contribution in [0.1, 0.15) is 44.5 Å². The fourth-order valence-corrected chi connectivity index (χ4v) is 2.32. The Morgan fingerprint density at radius 1 is 1.05 bits per heavy atom. The quantitative estimate of drug-likeness (QED) is 0.740. The molecule has 0 N–H and O–H groups in total. The van der Waals surface area contributed by atoms with E-state index in [4.69, 9.17) is 0 Å². The van der Waals surface area contributed by atoms with Crippen LogP contribution >= 0.6 is 0 Å². The molecule has 0 aliphatic heterocycles. The second-order valence-corrected chi connectivity index (χ2v) is 6.15. The third-order valence-electron chi connectivity index (χ3n) is 3.57. The van der Waals surface area contributed by atoms with Crippen LogP contribution in [0.3, 0.4) is 0 Å². The van der Waals surface area contributed by atoms with Crippen molar-refractivity contribution in [3.05, 3.63) is 53.3 Å². The Bertz CT molecular complexity index is 576. The van der Waals surface area contributed by atoms with Crippen molar-refractivity contribution in [3.63, 3.8) is 0 Å². The predicted octanol–water partition coefficient (Wildman–Crippen LogP) is 4.92. The molecule has 0 amide bonds. The lowest BCUT2D eigenvalue weighted by Crippen LogP contribution is -2.14. The van der Waals surface area contributed by atoms with E-state index in [1.54, 1.807) is 0 Å². The van der Waals surface area contributed by atoms with E-state index in [-0.39, 0.29) is 5.41 Å². The van der Waals surface area contributed by atoms with Gasteiger partial charge in [0.15, 0.2) is 0 Å². The van der Waals surface area contributed by atoms with E-state index >= 15 is 0 Å². The van der Waals surface area contributed by atoms with Crippen LogP contribution in [0.4, 0.5) is 0 Å². The van der Waals surface area contributed by atoms with E-state index in [2.05, 4.69) is 69.9 Å². The van der Waals surface area contributed by atoms with Gasteiger partial charge in [-0.3, -0.25) is 4.98 Å². The average molecular weight is 253 g/mol. The topological polar surface area (TPSA) is 12.9 Å². The Labute approximate surface area is 116 Å². The summed E-state index contributed by atoms with van der Waals surface area (Å²) in [6.07, 6.45) is 3.08. The first-order valence-corrected chi connectivity index (χ1v) is 6.99. The lowest BCUT2D eigenvalue weighted by atomic mass is 9.88. The van der Waals surface area contributed by atoms with Gasteiger partial charge in [-0.2, -0.15) is 0 Å². The summed E-state index contributed by atoms with van der Waals surface area (Å²) < 4.78 is 0. The summed E-state index contributed by atoms with van der Waals surface area (Å²) >= 11 is 0. The molecule has 0 unspecified atom stereocenters. The maximum absolute atomic E-state index is 4.68. The van der Waals surface area contributed by atoms with Gasteiger partial charge in [-0.15, -0.1) is 0 Å². The number of rotatable bonds is 2. The molecule has 0 saturated carbocycles. The summed E-state index contributed by atoms with van der Waals surface area (Å²) in [7, 11) is 0. The van der Waals surface area contributed by atoms with Gasteiger partial charge in [0, 0.05) is 22.9 Å². The second kappa shape index (κ2) is 5.16. The highest BCUT2D eigenvalue weighted by Gasteiger charge is 2.17. The number of aromatic nitrogens is 1. The molecule has 0 spiro atoms. The molecular weight excluding hydrogens is 230 g/mol. The molecule has 0 aliphatic carbocycles. The van der Waals surface area contributed by atoms with E-state index in [9.17, 15) is 0 Å². The van der Waals surface area contributed by atoms with E-state index in [0.717, 1.165) is 6.42 Å². The van der Waals surface area contributed by atoms with Crippen molar-refractivity contribution in [2.24, 2.45) is 0 Å². The van der Waals surface area contributed by atoms with Crippen LogP contribution in [0.5, 0.6) is 0 Å². The molecule has 2 rings (SSSR count). The molecule has 0 fully saturated rings. The largest absolute Gasteiger partial charge is 0.260 e. The first-order chi connectivity index (χ1) is 8.93. The average Bonchev–Trinajstić information content (AvgIpc) is 2.37. The van der Waals surface area contributed by atoms with Crippen LogP contribution in [0.2, 0.25) is 0 Å². The Kier molecular flexibility index (Phi) is 3.75. The van der Waals surface area contributed by atoms with Crippen LogP contribution in [0, 0.1) is 6.92 Å². The van der Waals surface area contributed by atoms with Gasteiger partial charge in [0.05, 0.1) is 0 Å². The van der Waals surface area contributed by atoms with Gasteiger partial charge in [0.1, 0.15) is 0 Å². The molecule has 0 atom stereocenters. The van der Waals surface area contributed by atoms with Gasteiger partial charge in [-0.25, -0.2) is 0 Å². The van der Waals surface area contributed by atoms with Crippen molar-refractivity contribution >= 4 is 0 Å². The zero-order valence-electron chi connectivity index (χ0n) is 12.6. The molecule has 19 heavy (non-hydrogen) atoms. The minimum Gasteiger partial charge on any atom is -0.260 e. The van der Waals surface area contributed by atoms with Gasteiger partial charge >= 0.3 is 0 Å². The van der Waals surface area contributed by atoms with Crippen molar-refractivity contribution < 1.29 is 0 Å². The van der Waals surface area contributed by atoms with E-state index in [1.165, 1.54) is 27.9 Å². The predicted molar refractivity (Wildman–Crippen MR) is 82.5 cm³/mol. The number of pyridine rings is 1. The molecule has 0 aliphatic rings. The SMILES string of the molecule is CCc1cc(C(C)(C)C)ncc1-c1ccccc1C. The lowest BCUT2D eigenvalue weighted by molar-refractivity contribution is 0.568. The third-order valence-corrected chi connectivity index (χ3v) is 3.57. The first kappa shape index (κ1) is 13.8. The highest BCUT2D eigenvalue weighted by Crippen LogP contribution is 2.29. The summed E-state index contributed by atoms with van der Waals surface area (Å²) in [5, 5.41) is 0. The van der Waals surface area contributed by atoms with Gasteiger partial charge in [0.25, 0.3) is 0 Å². The van der Waals surface area contributed by atoms with Crippen molar-refractivity contribution in [3.8, 4) is 11.1 Å². The van der Waals surface area contributed by atoms with Gasteiger partial charge < -0.3 is 0 Å². The lowest BCUT2D eigenvalue weighted by Gasteiger charge is -2.20. The van der Waals surface area contributed by atoms with Crippen LogP contribution in [0.15, 0.2) is 36.5 Å². The summed E-state index contributed by atoms with van der Waals surface area (Å²) in [6.45, 7) is 11.0. The van der Waals surface area contributed by atoms with Crippen LogP contribution in [-0.2, 0) is 11.8 Å². The molecule has 2 aromatic rings. The smallest absolute Gasteiger partial charge is 0.0460 e. The van der Waals surface area contributed by atoms with Crippen molar-refractivity contribution in [2.45, 2.75) is 46.5 Å². The van der Waals surface area contributed by atoms with Crippen LogP contribution in [0.25, 0.3) is 11.1 Å². The van der Waals surface area contributed by atoms with Crippen molar-refractivity contribution in [1.29, 1.82) is 0 Å². The van der Waals surface area contributed by atoms with E-state index in [1.807, 2.05) is 6.20 Å². The van der Waals surface area contributed by atoms with Crippen LogP contribution < -0.4 is 0 Å². The normalized spacial score (nSPS) is 11.6. The molecule has 1 aromatic heterocycles. The highest BCUT2D eigenvalue weighted by atomic mass is 14.7. The molecule has 0 bridgehead atoms. The molecule has 1 heterocycles. The van der Waals surface area contributed by atoms with Crippen molar-refractivity contribution in [2.75, 3.05) is 0 Å². The minimum absolute atomic E-state index is 0.105. The molecule has 1 heteroatoms. The number of hydrogen-bond acceptors (Lipinski definition) is 1. The first-order valence-electron chi connectivity index (χ1n) is 6.99. The third kappa shape index (κ3) is 2.86. The Hall–Kier alpha value is -1.63. The molecule has 0 radical (unpaired) electrons. The summed E-state index contributed by atoms with van der Waals surface area (Å²) in [4.78, 5) is 4.68. The highest BCUT2D eigenvalue weighted by molar-refractivity contribution is 5.70. The molecule has 0 saturated heterocycles. The number of hydrogen-bond donors (Lipinski definition) is 0.